The number of H-pyrrole nitrogens is 1. The molecule has 2 aromatic carbocycles. The molecule has 3 aliphatic rings. The lowest BCUT2D eigenvalue weighted by atomic mass is 9.72. The molecule has 4 heterocycles. The zero-order valence-corrected chi connectivity index (χ0v) is 21.1. The van der Waals surface area contributed by atoms with Gasteiger partial charge in [-0.1, -0.05) is 31.5 Å². The lowest BCUT2D eigenvalue weighted by Gasteiger charge is -2.48. The van der Waals surface area contributed by atoms with Crippen LogP contribution in [0.3, 0.4) is 0 Å². The summed E-state index contributed by atoms with van der Waals surface area (Å²) in [5, 5.41) is 16.5. The smallest absolute Gasteiger partial charge is 0.203 e. The van der Waals surface area contributed by atoms with Crippen LogP contribution in [0.25, 0.3) is 10.9 Å². The molecule has 1 aromatic heterocycles. The average molecular weight is 476 g/mol. The van der Waals surface area contributed by atoms with E-state index in [2.05, 4.69) is 52.5 Å². The highest BCUT2D eigenvalue weighted by atomic mass is 16.5. The molecule has 186 valence electrons. The molecule has 0 bridgehead atoms. The molecule has 4 unspecified atom stereocenters. The Morgan fingerprint density at radius 3 is 2.77 bits per heavy atom. The van der Waals surface area contributed by atoms with Crippen molar-refractivity contribution in [3.8, 4) is 17.2 Å². The van der Waals surface area contributed by atoms with Crippen molar-refractivity contribution in [3.05, 3.63) is 52.7 Å². The van der Waals surface area contributed by atoms with Gasteiger partial charge in [0.05, 0.1) is 14.2 Å². The van der Waals surface area contributed by atoms with Crippen LogP contribution in [-0.2, 0) is 12.8 Å². The van der Waals surface area contributed by atoms with Gasteiger partial charge in [-0.05, 0) is 67.3 Å². The number of aromatic amines is 1. The number of hydrogen-bond donors (Lipinski definition) is 3. The van der Waals surface area contributed by atoms with E-state index in [9.17, 15) is 5.11 Å². The molecule has 35 heavy (non-hydrogen) atoms. The minimum Gasteiger partial charge on any atom is -0.504 e. The maximum absolute atomic E-state index is 11.3. The summed E-state index contributed by atoms with van der Waals surface area (Å²) in [6.45, 7) is 5.48. The number of methoxy groups -OCH3 is 2. The molecule has 3 N–H and O–H groups in total. The van der Waals surface area contributed by atoms with Gasteiger partial charge < -0.3 is 24.9 Å². The Hall–Kier alpha value is -2.70. The monoisotopic (exact) mass is 475 g/mol. The highest BCUT2D eigenvalue weighted by molar-refractivity contribution is 5.85. The number of hydrogen-bond acceptors (Lipinski definition) is 5. The first-order chi connectivity index (χ1) is 17.1. The van der Waals surface area contributed by atoms with Gasteiger partial charge in [0.2, 0.25) is 5.75 Å². The lowest BCUT2D eigenvalue weighted by Crippen LogP contribution is -2.46. The summed E-state index contributed by atoms with van der Waals surface area (Å²) in [6.07, 6.45) is 5.37. The first-order valence-electron chi connectivity index (χ1n) is 13.2. The Bertz CT molecular complexity index is 1240. The van der Waals surface area contributed by atoms with E-state index in [-0.39, 0.29) is 11.8 Å². The molecule has 0 aliphatic carbocycles. The summed E-state index contributed by atoms with van der Waals surface area (Å²) in [4.78, 5) is 6.35. The molecule has 0 saturated carbocycles. The molecular formula is C29H37N3O3. The summed E-state index contributed by atoms with van der Waals surface area (Å²) in [5.41, 5.74) is 6.38. The van der Waals surface area contributed by atoms with Gasteiger partial charge in [-0.25, -0.2) is 0 Å². The minimum atomic E-state index is 0.220. The summed E-state index contributed by atoms with van der Waals surface area (Å²) >= 11 is 0. The number of aromatic hydroxyl groups is 1. The first-order valence-corrected chi connectivity index (χ1v) is 13.2. The van der Waals surface area contributed by atoms with Crippen LogP contribution >= 0.6 is 0 Å². The van der Waals surface area contributed by atoms with E-state index < -0.39 is 0 Å². The summed E-state index contributed by atoms with van der Waals surface area (Å²) in [7, 11) is 3.24. The molecule has 0 radical (unpaired) electrons. The van der Waals surface area contributed by atoms with Crippen molar-refractivity contribution in [1.29, 1.82) is 0 Å². The lowest BCUT2D eigenvalue weighted by molar-refractivity contribution is 0.0419. The van der Waals surface area contributed by atoms with Crippen molar-refractivity contribution in [2.45, 2.75) is 51.1 Å². The molecule has 1 fully saturated rings. The molecule has 6 nitrogen and oxygen atoms in total. The van der Waals surface area contributed by atoms with Crippen LogP contribution in [0.4, 0.5) is 0 Å². The third-order valence-electron chi connectivity index (χ3n) is 8.90. The number of aromatic nitrogens is 1. The third kappa shape index (κ3) is 3.69. The van der Waals surface area contributed by atoms with Gasteiger partial charge in [-0.2, -0.15) is 0 Å². The minimum absolute atomic E-state index is 0.220. The number of phenolic OH excluding ortho intramolecular Hbond substituents is 1. The Balaban J connectivity index is 1.32. The van der Waals surface area contributed by atoms with Gasteiger partial charge in [-0.15, -0.1) is 0 Å². The van der Waals surface area contributed by atoms with E-state index in [1.54, 1.807) is 14.2 Å². The molecule has 4 atom stereocenters. The predicted octanol–water partition coefficient (Wildman–Crippen LogP) is 5.11. The van der Waals surface area contributed by atoms with Crippen LogP contribution < -0.4 is 14.8 Å². The fourth-order valence-corrected chi connectivity index (χ4v) is 7.15. The Kier molecular flexibility index (Phi) is 5.89. The number of rotatable bonds is 5. The molecule has 3 aliphatic heterocycles. The predicted molar refractivity (Wildman–Crippen MR) is 138 cm³/mol. The van der Waals surface area contributed by atoms with E-state index in [0.29, 0.717) is 29.4 Å². The van der Waals surface area contributed by atoms with Crippen molar-refractivity contribution in [2.24, 2.45) is 11.8 Å². The highest BCUT2D eigenvalue weighted by Crippen LogP contribution is 2.52. The van der Waals surface area contributed by atoms with Gasteiger partial charge >= 0.3 is 0 Å². The molecule has 6 heteroatoms. The quantitative estimate of drug-likeness (QED) is 0.478. The maximum Gasteiger partial charge on any atom is 0.203 e. The van der Waals surface area contributed by atoms with Gasteiger partial charge in [0.1, 0.15) is 0 Å². The first kappa shape index (κ1) is 22.7. The van der Waals surface area contributed by atoms with Crippen LogP contribution in [0.2, 0.25) is 0 Å². The Morgan fingerprint density at radius 1 is 1.11 bits per heavy atom. The second-order valence-electron chi connectivity index (χ2n) is 10.5. The molecule has 1 saturated heterocycles. The zero-order chi connectivity index (χ0) is 24.1. The third-order valence-corrected chi connectivity index (χ3v) is 8.90. The standard InChI is InChI=1S/C29H37N3O3/c1-4-17-16-32-12-10-18-15-25(34-2)29(35-3)28(33)26(18)24(32)14-19(17)13-23-27-21(9-11-30-23)20-7-5-6-8-22(20)31-27/h5-8,15,17,19,23-24,30-31,33H,4,9-14,16H2,1-3H3. The summed E-state index contributed by atoms with van der Waals surface area (Å²) in [5.74, 6) is 2.58. The maximum atomic E-state index is 11.3. The van der Waals surface area contributed by atoms with Crippen molar-refractivity contribution >= 4 is 10.9 Å². The number of phenols is 1. The molecular weight excluding hydrogens is 438 g/mol. The number of ether oxygens (including phenoxy) is 2. The van der Waals surface area contributed by atoms with Crippen LogP contribution in [-0.4, -0.2) is 48.8 Å². The SMILES string of the molecule is CCC1CN2CCc3cc(OC)c(OC)c(O)c3C2CC1CC1NCCc2c1[nH]c1ccccc21. The molecule has 3 aromatic rings. The van der Waals surface area contributed by atoms with Crippen molar-refractivity contribution in [2.75, 3.05) is 33.9 Å². The summed E-state index contributed by atoms with van der Waals surface area (Å²) < 4.78 is 11.1. The number of para-hydroxylation sites is 1. The Labute approximate surface area is 207 Å². The molecule has 0 amide bonds. The molecule has 6 rings (SSSR count). The summed E-state index contributed by atoms with van der Waals surface area (Å²) in [6, 6.07) is 11.4. The van der Waals surface area contributed by atoms with Gasteiger partial charge in [-0.3, -0.25) is 4.90 Å². The van der Waals surface area contributed by atoms with E-state index in [1.165, 1.54) is 34.1 Å². The van der Waals surface area contributed by atoms with Crippen molar-refractivity contribution in [1.82, 2.24) is 15.2 Å². The number of nitrogens with one attached hydrogen (secondary N) is 2. The van der Waals surface area contributed by atoms with E-state index in [0.717, 1.165) is 50.9 Å². The fourth-order valence-electron chi connectivity index (χ4n) is 7.15. The average Bonchev–Trinajstić information content (AvgIpc) is 3.27. The van der Waals surface area contributed by atoms with Gasteiger partial charge in [0, 0.05) is 47.3 Å². The van der Waals surface area contributed by atoms with Gasteiger partial charge in [0.15, 0.2) is 11.5 Å². The van der Waals surface area contributed by atoms with Crippen molar-refractivity contribution in [3.63, 3.8) is 0 Å². The normalized spacial score (nSPS) is 26.1. The molecule has 0 spiro atoms. The van der Waals surface area contributed by atoms with Crippen LogP contribution in [0, 0.1) is 11.8 Å². The van der Waals surface area contributed by atoms with Crippen molar-refractivity contribution < 1.29 is 14.6 Å². The number of piperidine rings is 1. The van der Waals surface area contributed by atoms with Crippen LogP contribution in [0.1, 0.15) is 60.7 Å². The number of fused-ring (bicyclic) bond motifs is 6. The largest absolute Gasteiger partial charge is 0.504 e. The number of benzene rings is 2. The zero-order valence-electron chi connectivity index (χ0n) is 21.1. The van der Waals surface area contributed by atoms with E-state index in [1.807, 2.05) is 0 Å². The Morgan fingerprint density at radius 2 is 1.97 bits per heavy atom. The second-order valence-corrected chi connectivity index (χ2v) is 10.5. The number of nitrogens with zero attached hydrogens (tertiary/aromatic N) is 1. The highest BCUT2D eigenvalue weighted by Gasteiger charge is 2.42. The van der Waals surface area contributed by atoms with E-state index >= 15 is 0 Å². The second kappa shape index (κ2) is 9.07. The van der Waals surface area contributed by atoms with E-state index in [4.69, 9.17) is 9.47 Å². The van der Waals surface area contributed by atoms with Gasteiger partial charge in [0.25, 0.3) is 0 Å². The van der Waals surface area contributed by atoms with Crippen LogP contribution in [0.15, 0.2) is 30.3 Å². The fraction of sp³-hybridized carbons (Fsp3) is 0.517. The topological polar surface area (TPSA) is 69.8 Å². The van der Waals surface area contributed by atoms with Crippen LogP contribution in [0.5, 0.6) is 17.2 Å².